The van der Waals surface area contributed by atoms with Crippen molar-refractivity contribution in [1.82, 2.24) is 5.32 Å². The van der Waals surface area contributed by atoms with Crippen LogP contribution in [0, 0.1) is 0 Å². The van der Waals surface area contributed by atoms with Crippen LogP contribution in [0.2, 0.25) is 0 Å². The molecule has 0 aliphatic rings. The van der Waals surface area contributed by atoms with Gasteiger partial charge < -0.3 is 10.4 Å². The highest BCUT2D eigenvalue weighted by molar-refractivity contribution is 7.10. The zero-order valence-corrected chi connectivity index (χ0v) is 7.60. The third-order valence-electron chi connectivity index (χ3n) is 1.59. The molecule has 0 saturated carbocycles. The van der Waals surface area contributed by atoms with Gasteiger partial charge in [-0.3, -0.25) is 0 Å². The van der Waals surface area contributed by atoms with Crippen molar-refractivity contribution in [3.05, 3.63) is 22.4 Å². The molecule has 1 aromatic heterocycles. The fourth-order valence-electron chi connectivity index (χ4n) is 1.01. The summed E-state index contributed by atoms with van der Waals surface area (Å²) in [6.07, 6.45) is -0.178. The van der Waals surface area contributed by atoms with E-state index in [1.54, 1.807) is 11.3 Å². The highest BCUT2D eigenvalue weighted by atomic mass is 32.1. The third-order valence-corrected chi connectivity index (χ3v) is 2.58. The minimum Gasteiger partial charge on any atom is -0.465 e. The van der Waals surface area contributed by atoms with Crippen molar-refractivity contribution in [2.75, 3.05) is 0 Å². The zero-order valence-electron chi connectivity index (χ0n) is 6.78. The van der Waals surface area contributed by atoms with E-state index in [4.69, 9.17) is 5.11 Å². The number of rotatable bonds is 3. The molecule has 4 heteroatoms. The van der Waals surface area contributed by atoms with Crippen molar-refractivity contribution in [3.8, 4) is 0 Å². The van der Waals surface area contributed by atoms with Crippen molar-refractivity contribution in [2.24, 2.45) is 0 Å². The Morgan fingerprint density at radius 1 is 1.83 bits per heavy atom. The molecule has 0 saturated heterocycles. The highest BCUT2D eigenvalue weighted by Crippen LogP contribution is 2.21. The molecule has 0 bridgehead atoms. The van der Waals surface area contributed by atoms with E-state index < -0.39 is 6.09 Å². The Morgan fingerprint density at radius 2 is 2.58 bits per heavy atom. The van der Waals surface area contributed by atoms with Crippen LogP contribution in [0.3, 0.4) is 0 Å². The largest absolute Gasteiger partial charge is 0.465 e. The number of amides is 1. The molecule has 3 nitrogen and oxygen atoms in total. The Labute approximate surface area is 75.0 Å². The predicted molar refractivity (Wildman–Crippen MR) is 48.5 cm³/mol. The summed E-state index contributed by atoms with van der Waals surface area (Å²) in [4.78, 5) is 11.4. The lowest BCUT2D eigenvalue weighted by Gasteiger charge is -2.11. The number of thiophene rings is 1. The average Bonchev–Trinajstić information content (AvgIpc) is 2.51. The van der Waals surface area contributed by atoms with E-state index >= 15 is 0 Å². The number of hydrogen-bond donors (Lipinski definition) is 2. The molecule has 0 fully saturated rings. The normalized spacial score (nSPS) is 12.4. The molecule has 1 aromatic rings. The van der Waals surface area contributed by atoms with E-state index in [-0.39, 0.29) is 6.04 Å². The maximum absolute atomic E-state index is 10.4. The summed E-state index contributed by atoms with van der Waals surface area (Å²) in [7, 11) is 0. The minimum absolute atomic E-state index is 0.0532. The molecule has 12 heavy (non-hydrogen) atoms. The van der Waals surface area contributed by atoms with E-state index in [0.717, 1.165) is 11.3 Å². The van der Waals surface area contributed by atoms with Gasteiger partial charge in [0.2, 0.25) is 0 Å². The maximum Gasteiger partial charge on any atom is 0.405 e. The van der Waals surface area contributed by atoms with Gasteiger partial charge in [0.25, 0.3) is 0 Å². The van der Waals surface area contributed by atoms with Crippen molar-refractivity contribution in [3.63, 3.8) is 0 Å². The lowest BCUT2D eigenvalue weighted by Crippen LogP contribution is -2.25. The molecule has 1 unspecified atom stereocenters. The van der Waals surface area contributed by atoms with Gasteiger partial charge >= 0.3 is 6.09 Å². The quantitative estimate of drug-likeness (QED) is 0.760. The molecule has 1 heterocycles. The van der Waals surface area contributed by atoms with Gasteiger partial charge in [-0.1, -0.05) is 13.0 Å². The number of hydrogen-bond acceptors (Lipinski definition) is 2. The van der Waals surface area contributed by atoms with Crippen molar-refractivity contribution in [1.29, 1.82) is 0 Å². The van der Waals surface area contributed by atoms with Crippen LogP contribution in [0.15, 0.2) is 17.5 Å². The first-order chi connectivity index (χ1) is 5.74. The molecule has 0 aromatic carbocycles. The Kier molecular flexibility index (Phi) is 3.10. The van der Waals surface area contributed by atoms with Crippen LogP contribution in [-0.4, -0.2) is 11.2 Å². The van der Waals surface area contributed by atoms with Gasteiger partial charge in [0.15, 0.2) is 0 Å². The van der Waals surface area contributed by atoms with Gasteiger partial charge in [-0.15, -0.1) is 11.3 Å². The fraction of sp³-hybridized carbons (Fsp3) is 0.375. The first-order valence-electron chi connectivity index (χ1n) is 3.77. The zero-order chi connectivity index (χ0) is 8.97. The summed E-state index contributed by atoms with van der Waals surface area (Å²) < 4.78 is 0. The van der Waals surface area contributed by atoms with Crippen molar-refractivity contribution < 1.29 is 9.90 Å². The van der Waals surface area contributed by atoms with Gasteiger partial charge in [0.1, 0.15) is 0 Å². The van der Waals surface area contributed by atoms with Crippen LogP contribution in [-0.2, 0) is 0 Å². The summed E-state index contributed by atoms with van der Waals surface area (Å²) >= 11 is 1.57. The Hall–Kier alpha value is -1.03. The standard InChI is InChI=1S/C8H11NO2S/c1-2-6(9-8(10)11)7-4-3-5-12-7/h3-6,9H,2H2,1H3,(H,10,11). The molecule has 2 N–H and O–H groups in total. The van der Waals surface area contributed by atoms with E-state index in [1.807, 2.05) is 24.4 Å². The van der Waals surface area contributed by atoms with Gasteiger partial charge in [-0.2, -0.15) is 0 Å². The maximum atomic E-state index is 10.4. The van der Waals surface area contributed by atoms with Crippen LogP contribution in [0.25, 0.3) is 0 Å². The van der Waals surface area contributed by atoms with E-state index in [0.29, 0.717) is 0 Å². The molecule has 1 rings (SSSR count). The fourth-order valence-corrected chi connectivity index (χ4v) is 1.87. The van der Waals surface area contributed by atoms with E-state index in [2.05, 4.69) is 5.32 Å². The second-order valence-corrected chi connectivity index (χ2v) is 3.41. The smallest absolute Gasteiger partial charge is 0.405 e. The molecule has 0 spiro atoms. The first-order valence-corrected chi connectivity index (χ1v) is 4.65. The number of carbonyl (C=O) groups is 1. The number of nitrogens with one attached hydrogen (secondary N) is 1. The molecular weight excluding hydrogens is 174 g/mol. The SMILES string of the molecule is CCC(NC(=O)O)c1cccs1. The summed E-state index contributed by atoms with van der Waals surface area (Å²) in [5.41, 5.74) is 0. The van der Waals surface area contributed by atoms with Crippen LogP contribution < -0.4 is 5.32 Å². The second kappa shape index (κ2) is 4.11. The monoisotopic (exact) mass is 185 g/mol. The van der Waals surface area contributed by atoms with Crippen LogP contribution in [0.5, 0.6) is 0 Å². The van der Waals surface area contributed by atoms with Gasteiger partial charge in [0.05, 0.1) is 6.04 Å². The van der Waals surface area contributed by atoms with Crippen LogP contribution >= 0.6 is 11.3 Å². The summed E-state index contributed by atoms with van der Waals surface area (Å²) in [6, 6.07) is 3.81. The number of carboxylic acid groups (broad SMARTS) is 1. The summed E-state index contributed by atoms with van der Waals surface area (Å²) in [5.74, 6) is 0. The van der Waals surface area contributed by atoms with E-state index in [9.17, 15) is 4.79 Å². The molecular formula is C8H11NO2S. The van der Waals surface area contributed by atoms with E-state index in [1.165, 1.54) is 0 Å². The van der Waals surface area contributed by atoms with Crippen molar-refractivity contribution >= 4 is 17.4 Å². The van der Waals surface area contributed by atoms with Gasteiger partial charge in [-0.05, 0) is 17.9 Å². The minimum atomic E-state index is -0.963. The lowest BCUT2D eigenvalue weighted by atomic mass is 10.2. The summed E-state index contributed by atoms with van der Waals surface area (Å²) in [6.45, 7) is 1.96. The predicted octanol–water partition coefficient (Wildman–Crippen LogP) is 2.47. The molecule has 0 aliphatic heterocycles. The topological polar surface area (TPSA) is 49.3 Å². The van der Waals surface area contributed by atoms with Gasteiger partial charge in [-0.25, -0.2) is 4.79 Å². The molecule has 0 aliphatic carbocycles. The van der Waals surface area contributed by atoms with Crippen LogP contribution in [0.1, 0.15) is 24.3 Å². The van der Waals surface area contributed by atoms with Gasteiger partial charge in [0, 0.05) is 4.88 Å². The summed E-state index contributed by atoms with van der Waals surface area (Å²) in [5, 5.41) is 12.9. The molecule has 0 radical (unpaired) electrons. The molecule has 66 valence electrons. The average molecular weight is 185 g/mol. The molecule has 1 amide bonds. The first kappa shape index (κ1) is 9.06. The highest BCUT2D eigenvalue weighted by Gasteiger charge is 2.11. The Bertz CT molecular complexity index is 246. The molecule has 1 atom stereocenters. The Balaban J connectivity index is 2.63. The van der Waals surface area contributed by atoms with Crippen LogP contribution in [0.4, 0.5) is 4.79 Å². The van der Waals surface area contributed by atoms with Crippen molar-refractivity contribution in [2.45, 2.75) is 19.4 Å². The second-order valence-electron chi connectivity index (χ2n) is 2.43. The Morgan fingerprint density at radius 3 is 3.00 bits per heavy atom. The third kappa shape index (κ3) is 2.23. The lowest BCUT2D eigenvalue weighted by molar-refractivity contribution is 0.189.